The maximum Gasteiger partial charge on any atom is 0.306 e. The van der Waals surface area contributed by atoms with E-state index in [1.165, 1.54) is 64.2 Å². The number of amides is 1. The highest BCUT2D eigenvalue weighted by atomic mass is 16.5. The first-order valence-corrected chi connectivity index (χ1v) is 27.1. The molecule has 0 radical (unpaired) electrons. The summed E-state index contributed by atoms with van der Waals surface area (Å²) in [5.41, 5.74) is 0. The Hall–Kier alpha value is -4.26. The van der Waals surface area contributed by atoms with Gasteiger partial charge < -0.3 is 20.3 Å². The molecule has 0 spiro atoms. The number of hydrogen-bond donors (Lipinski definition) is 3. The van der Waals surface area contributed by atoms with Crippen molar-refractivity contribution in [2.75, 3.05) is 6.61 Å². The summed E-state index contributed by atoms with van der Waals surface area (Å²) >= 11 is 0. The molecule has 0 aliphatic rings. The molecule has 0 fully saturated rings. The molecule has 0 saturated carbocycles. The predicted octanol–water partition coefficient (Wildman–Crippen LogP) is 16.8. The Bertz CT molecular complexity index is 1520. The van der Waals surface area contributed by atoms with Gasteiger partial charge in [0.05, 0.1) is 25.2 Å². The van der Waals surface area contributed by atoms with Gasteiger partial charge in [-0.3, -0.25) is 9.59 Å². The molecule has 3 atom stereocenters. The van der Waals surface area contributed by atoms with Gasteiger partial charge in [-0.25, -0.2) is 0 Å². The highest BCUT2D eigenvalue weighted by molar-refractivity contribution is 5.78. The highest BCUT2D eigenvalue weighted by Gasteiger charge is 2.23. The van der Waals surface area contributed by atoms with Crippen LogP contribution in [-0.4, -0.2) is 46.9 Å². The van der Waals surface area contributed by atoms with Crippen LogP contribution in [0.2, 0.25) is 0 Å². The van der Waals surface area contributed by atoms with Crippen molar-refractivity contribution in [1.29, 1.82) is 0 Å². The largest absolute Gasteiger partial charge is 0.458 e. The van der Waals surface area contributed by atoms with Crippen LogP contribution in [0.4, 0.5) is 0 Å². The number of allylic oxidation sites excluding steroid dienone is 23. The summed E-state index contributed by atoms with van der Waals surface area (Å²) in [4.78, 5) is 26.1. The minimum Gasteiger partial charge on any atom is -0.458 e. The fourth-order valence-corrected chi connectivity index (χ4v) is 7.16. The van der Waals surface area contributed by atoms with Crippen molar-refractivity contribution >= 4 is 11.9 Å². The van der Waals surface area contributed by atoms with E-state index >= 15 is 0 Å². The number of nitrogens with one attached hydrogen (secondary N) is 1. The second-order valence-corrected chi connectivity index (χ2v) is 17.5. The standard InChI is InChI=1S/C62H99NO5/c1-4-7-10-13-16-19-22-25-27-29-30-32-34-37-40-43-46-49-52-55-62(67)68-58(53-50-47-44-41-38-36-33-31-28-26-23-20-17-14-11-8-5-2)56-61(66)63-59(57-64)60(65)54-51-48-45-42-39-35-24-21-18-15-12-9-6-3/h7-8,10-11,16-17,19-20,25-28,30,32-33,36-37,40-41,44,46,49-50,53,58-60,64-65H,4-6,9,12-15,18,21-24,29,31,34-35,38-39,42-43,45,47-48,51-52,54-57H2,1-3H3,(H,63,66)/b10-7-,11-8-,19-16-,20-17-,27-25-,28-26-,32-30-,36-33-,40-37-,44-41-,49-46-,53-50-. The lowest BCUT2D eigenvalue weighted by molar-refractivity contribution is -0.148. The lowest BCUT2D eigenvalue weighted by Crippen LogP contribution is -2.46. The molecule has 1 amide bonds. The van der Waals surface area contributed by atoms with E-state index in [2.05, 4.69) is 154 Å². The summed E-state index contributed by atoms with van der Waals surface area (Å²) in [6, 6.07) is -0.769. The van der Waals surface area contributed by atoms with E-state index in [0.717, 1.165) is 89.9 Å². The second kappa shape index (κ2) is 53.7. The van der Waals surface area contributed by atoms with Crippen molar-refractivity contribution in [1.82, 2.24) is 5.32 Å². The summed E-state index contributed by atoms with van der Waals surface area (Å²) in [5.74, 6) is -0.745. The zero-order valence-corrected chi connectivity index (χ0v) is 43.4. The summed E-state index contributed by atoms with van der Waals surface area (Å²) in [5, 5.41) is 23.7. The Morgan fingerprint density at radius 1 is 0.456 bits per heavy atom. The molecule has 0 aliphatic heterocycles. The maximum atomic E-state index is 13.2. The Kier molecular flexibility index (Phi) is 50.3. The van der Waals surface area contributed by atoms with Gasteiger partial charge >= 0.3 is 5.97 Å². The van der Waals surface area contributed by atoms with Crippen LogP contribution in [0, 0.1) is 0 Å². The monoisotopic (exact) mass is 938 g/mol. The number of aliphatic hydroxyl groups excluding tert-OH is 2. The van der Waals surface area contributed by atoms with Gasteiger partial charge in [0, 0.05) is 6.42 Å². The van der Waals surface area contributed by atoms with Crippen LogP contribution in [0.3, 0.4) is 0 Å². The van der Waals surface area contributed by atoms with E-state index in [-0.39, 0.29) is 31.3 Å². The number of aliphatic hydroxyl groups is 2. The molecule has 382 valence electrons. The van der Waals surface area contributed by atoms with E-state index in [9.17, 15) is 19.8 Å². The fraction of sp³-hybridized carbons (Fsp3) is 0.581. The van der Waals surface area contributed by atoms with E-state index in [1.807, 2.05) is 12.2 Å². The highest BCUT2D eigenvalue weighted by Crippen LogP contribution is 2.15. The van der Waals surface area contributed by atoms with Gasteiger partial charge in [-0.2, -0.15) is 0 Å². The number of carbonyl (C=O) groups excluding carboxylic acids is 2. The Morgan fingerprint density at radius 2 is 0.794 bits per heavy atom. The van der Waals surface area contributed by atoms with E-state index in [4.69, 9.17) is 4.74 Å². The number of esters is 1. The molecule has 0 heterocycles. The first kappa shape index (κ1) is 63.7. The summed E-state index contributed by atoms with van der Waals surface area (Å²) in [6.07, 6.45) is 78.0. The van der Waals surface area contributed by atoms with Gasteiger partial charge in [0.2, 0.25) is 5.91 Å². The molecule has 0 rings (SSSR count). The fourth-order valence-electron chi connectivity index (χ4n) is 7.16. The van der Waals surface area contributed by atoms with E-state index in [0.29, 0.717) is 19.3 Å². The van der Waals surface area contributed by atoms with E-state index in [1.54, 1.807) is 6.08 Å². The van der Waals surface area contributed by atoms with Crippen LogP contribution in [0.5, 0.6) is 0 Å². The van der Waals surface area contributed by atoms with Crippen LogP contribution in [0.1, 0.15) is 207 Å². The van der Waals surface area contributed by atoms with Crippen molar-refractivity contribution in [3.63, 3.8) is 0 Å². The molecular weight excluding hydrogens is 839 g/mol. The third-order valence-electron chi connectivity index (χ3n) is 11.2. The quantitative estimate of drug-likeness (QED) is 0.0321. The van der Waals surface area contributed by atoms with Crippen LogP contribution >= 0.6 is 0 Å². The molecule has 0 aliphatic carbocycles. The Labute approximate surface area is 417 Å². The number of carbonyl (C=O) groups is 2. The van der Waals surface area contributed by atoms with Crippen LogP contribution in [-0.2, 0) is 14.3 Å². The summed E-state index contributed by atoms with van der Waals surface area (Å²) in [6.45, 7) is 6.19. The van der Waals surface area contributed by atoms with Crippen LogP contribution in [0.15, 0.2) is 146 Å². The molecular formula is C62H99NO5. The molecule has 6 heteroatoms. The van der Waals surface area contributed by atoms with Crippen molar-refractivity contribution in [2.45, 2.75) is 225 Å². The smallest absolute Gasteiger partial charge is 0.306 e. The minimum absolute atomic E-state index is 0.0875. The van der Waals surface area contributed by atoms with Gasteiger partial charge in [-0.15, -0.1) is 0 Å². The lowest BCUT2D eigenvalue weighted by atomic mass is 10.0. The number of unbranched alkanes of at least 4 members (excludes halogenated alkanes) is 12. The number of ether oxygens (including phenoxy) is 1. The zero-order valence-electron chi connectivity index (χ0n) is 43.4. The maximum absolute atomic E-state index is 13.2. The van der Waals surface area contributed by atoms with Crippen molar-refractivity contribution in [3.05, 3.63) is 146 Å². The van der Waals surface area contributed by atoms with Gasteiger partial charge in [0.15, 0.2) is 0 Å². The first-order valence-electron chi connectivity index (χ1n) is 27.1. The lowest BCUT2D eigenvalue weighted by Gasteiger charge is -2.23. The molecule has 68 heavy (non-hydrogen) atoms. The van der Waals surface area contributed by atoms with E-state index < -0.39 is 18.2 Å². The van der Waals surface area contributed by atoms with Crippen molar-refractivity contribution in [3.8, 4) is 0 Å². The molecule has 0 bridgehead atoms. The summed E-state index contributed by atoms with van der Waals surface area (Å²) < 4.78 is 5.79. The Morgan fingerprint density at radius 3 is 1.16 bits per heavy atom. The molecule has 0 aromatic carbocycles. The average Bonchev–Trinajstić information content (AvgIpc) is 3.33. The van der Waals surface area contributed by atoms with Gasteiger partial charge in [0.25, 0.3) is 0 Å². The molecule has 3 unspecified atom stereocenters. The first-order chi connectivity index (χ1) is 33.5. The van der Waals surface area contributed by atoms with Crippen molar-refractivity contribution in [2.24, 2.45) is 0 Å². The van der Waals surface area contributed by atoms with Crippen LogP contribution in [0.25, 0.3) is 0 Å². The van der Waals surface area contributed by atoms with Gasteiger partial charge in [0.1, 0.15) is 6.10 Å². The molecule has 0 aromatic rings. The molecule has 6 nitrogen and oxygen atoms in total. The molecule has 0 saturated heterocycles. The zero-order chi connectivity index (χ0) is 49.5. The minimum atomic E-state index is -0.843. The normalized spacial score (nSPS) is 14.4. The van der Waals surface area contributed by atoms with Crippen molar-refractivity contribution < 1.29 is 24.5 Å². The third kappa shape index (κ3) is 48.2. The number of rotatable bonds is 46. The summed E-state index contributed by atoms with van der Waals surface area (Å²) in [7, 11) is 0. The second-order valence-electron chi connectivity index (χ2n) is 17.5. The molecule has 3 N–H and O–H groups in total. The average molecular weight is 938 g/mol. The van der Waals surface area contributed by atoms with Crippen LogP contribution < -0.4 is 5.32 Å². The molecule has 0 aromatic heterocycles. The number of hydrogen-bond acceptors (Lipinski definition) is 5. The SMILES string of the molecule is CC/C=C\C/C=C\C/C=C\C/C=C\C/C=C\C/C=C\CCC(=O)OC(/C=C\C/C=C\C/C=C\C/C=C\C/C=C\C/C=C\CC)CC(=O)NC(CO)C(O)CCCCCCCCCCCCCCC. The van der Waals surface area contributed by atoms with Gasteiger partial charge in [-0.05, 0) is 96.0 Å². The predicted molar refractivity (Wildman–Crippen MR) is 295 cm³/mol. The third-order valence-corrected chi connectivity index (χ3v) is 11.2. The topological polar surface area (TPSA) is 95.9 Å². The van der Waals surface area contributed by atoms with Gasteiger partial charge in [-0.1, -0.05) is 244 Å². The Balaban J connectivity index is 4.91.